The van der Waals surface area contributed by atoms with E-state index in [1.165, 1.54) is 12.8 Å². The Morgan fingerprint density at radius 1 is 0.966 bits per heavy atom. The normalized spacial score (nSPS) is 11.3. The molecule has 4 aromatic rings. The summed E-state index contributed by atoms with van der Waals surface area (Å²) in [7, 11) is 1.65. The first kappa shape index (κ1) is 19.3. The number of hydrogen-bond donors (Lipinski definition) is 0. The number of aromatic nitrogens is 1. The van der Waals surface area contributed by atoms with Crippen LogP contribution in [0.25, 0.3) is 21.7 Å². The van der Waals surface area contributed by atoms with Gasteiger partial charge in [-0.2, -0.15) is 0 Å². The van der Waals surface area contributed by atoms with Gasteiger partial charge in [-0.3, -0.25) is 4.79 Å². The highest BCUT2D eigenvalue weighted by molar-refractivity contribution is 6.22. The highest BCUT2D eigenvalue weighted by atomic mass is 16.5. The molecule has 0 atom stereocenters. The van der Waals surface area contributed by atoms with Crippen LogP contribution in [-0.4, -0.2) is 17.5 Å². The first-order chi connectivity index (χ1) is 14.2. The number of ketones is 1. The third-order valence-electron chi connectivity index (χ3n) is 5.78. The number of unbranched alkanes of at least 4 members (excludes halogenated alkanes) is 2. The first-order valence-corrected chi connectivity index (χ1v) is 10.3. The van der Waals surface area contributed by atoms with E-state index < -0.39 is 0 Å². The van der Waals surface area contributed by atoms with Gasteiger partial charge in [-0.1, -0.05) is 62.2 Å². The molecular formula is C26H27NO2. The third kappa shape index (κ3) is 3.42. The quantitative estimate of drug-likeness (QED) is 0.267. The van der Waals surface area contributed by atoms with Crippen LogP contribution in [0.3, 0.4) is 0 Å². The van der Waals surface area contributed by atoms with Crippen molar-refractivity contribution in [1.29, 1.82) is 0 Å². The maximum absolute atomic E-state index is 13.8. The second kappa shape index (κ2) is 8.12. The summed E-state index contributed by atoms with van der Waals surface area (Å²) in [6.45, 7) is 5.23. The number of nitrogens with zero attached hydrogens (tertiary/aromatic N) is 1. The average Bonchev–Trinajstić information content (AvgIpc) is 3.04. The van der Waals surface area contributed by atoms with Crippen LogP contribution in [0.15, 0.2) is 60.7 Å². The monoisotopic (exact) mass is 385 g/mol. The molecule has 0 aliphatic carbocycles. The van der Waals surface area contributed by atoms with E-state index in [1.807, 2.05) is 42.5 Å². The average molecular weight is 386 g/mol. The van der Waals surface area contributed by atoms with E-state index in [4.69, 9.17) is 4.74 Å². The van der Waals surface area contributed by atoms with E-state index in [9.17, 15) is 4.79 Å². The number of para-hydroxylation sites is 1. The lowest BCUT2D eigenvalue weighted by atomic mass is 9.95. The molecule has 148 valence electrons. The molecule has 0 aliphatic heterocycles. The third-order valence-corrected chi connectivity index (χ3v) is 5.78. The van der Waals surface area contributed by atoms with E-state index in [2.05, 4.69) is 36.6 Å². The molecule has 0 fully saturated rings. The lowest BCUT2D eigenvalue weighted by molar-refractivity contribution is 0.104. The van der Waals surface area contributed by atoms with Crippen molar-refractivity contribution in [3.8, 4) is 5.75 Å². The summed E-state index contributed by atoms with van der Waals surface area (Å²) in [5.41, 5.74) is 3.72. The zero-order chi connectivity index (χ0) is 20.4. The molecule has 0 unspecified atom stereocenters. The summed E-state index contributed by atoms with van der Waals surface area (Å²) in [6.07, 6.45) is 3.50. The van der Waals surface area contributed by atoms with Crippen molar-refractivity contribution < 1.29 is 9.53 Å². The van der Waals surface area contributed by atoms with Crippen LogP contribution in [0.5, 0.6) is 5.75 Å². The molecule has 0 aliphatic rings. The zero-order valence-corrected chi connectivity index (χ0v) is 17.4. The highest BCUT2D eigenvalue weighted by Gasteiger charge is 2.22. The molecule has 3 aromatic carbocycles. The van der Waals surface area contributed by atoms with Crippen LogP contribution in [0.1, 0.15) is 47.8 Å². The molecule has 0 saturated carbocycles. The van der Waals surface area contributed by atoms with Gasteiger partial charge < -0.3 is 9.30 Å². The van der Waals surface area contributed by atoms with Crippen LogP contribution in [0, 0.1) is 6.92 Å². The van der Waals surface area contributed by atoms with E-state index in [0.717, 1.165) is 57.2 Å². The van der Waals surface area contributed by atoms with Crippen LogP contribution in [-0.2, 0) is 6.54 Å². The predicted octanol–water partition coefficient (Wildman–Crippen LogP) is 6.53. The first-order valence-electron chi connectivity index (χ1n) is 10.3. The summed E-state index contributed by atoms with van der Waals surface area (Å²) in [5, 5.41) is 3.01. The van der Waals surface area contributed by atoms with Gasteiger partial charge in [0, 0.05) is 28.7 Å². The van der Waals surface area contributed by atoms with Crippen molar-refractivity contribution >= 4 is 27.5 Å². The second-order valence-electron chi connectivity index (χ2n) is 7.56. The van der Waals surface area contributed by atoms with Crippen LogP contribution < -0.4 is 4.74 Å². The van der Waals surface area contributed by atoms with Crippen LogP contribution in [0.4, 0.5) is 0 Å². The Hall–Kier alpha value is -3.07. The van der Waals surface area contributed by atoms with E-state index in [0.29, 0.717) is 0 Å². The molecule has 0 saturated heterocycles. The SMILES string of the molecule is CCCCCn1c(C)c(C(=O)c2cccc3ccc(OC)cc23)c2ccccc21. The Balaban J connectivity index is 1.88. The predicted molar refractivity (Wildman–Crippen MR) is 120 cm³/mol. The number of carbonyl (C=O) groups is 1. The van der Waals surface area contributed by atoms with Gasteiger partial charge in [-0.15, -0.1) is 0 Å². The number of hydrogen-bond acceptors (Lipinski definition) is 2. The Morgan fingerprint density at radius 3 is 2.59 bits per heavy atom. The van der Waals surface area contributed by atoms with Gasteiger partial charge in [0.05, 0.1) is 12.7 Å². The smallest absolute Gasteiger partial charge is 0.196 e. The van der Waals surface area contributed by atoms with Crippen LogP contribution >= 0.6 is 0 Å². The Kier molecular flexibility index (Phi) is 5.39. The second-order valence-corrected chi connectivity index (χ2v) is 7.56. The van der Waals surface area contributed by atoms with Gasteiger partial charge in [0.25, 0.3) is 0 Å². The van der Waals surface area contributed by atoms with Gasteiger partial charge >= 0.3 is 0 Å². The lowest BCUT2D eigenvalue weighted by Gasteiger charge is -2.10. The summed E-state index contributed by atoms with van der Waals surface area (Å²) < 4.78 is 7.71. The van der Waals surface area contributed by atoms with Crippen molar-refractivity contribution in [3.05, 3.63) is 77.5 Å². The molecule has 3 heteroatoms. The Labute approximate surface area is 171 Å². The van der Waals surface area contributed by atoms with E-state index >= 15 is 0 Å². The number of methoxy groups -OCH3 is 1. The zero-order valence-electron chi connectivity index (χ0n) is 17.4. The highest BCUT2D eigenvalue weighted by Crippen LogP contribution is 2.31. The molecule has 29 heavy (non-hydrogen) atoms. The Bertz CT molecular complexity index is 1190. The van der Waals surface area contributed by atoms with Gasteiger partial charge in [0.2, 0.25) is 0 Å². The number of aryl methyl sites for hydroxylation is 1. The molecule has 0 bridgehead atoms. The minimum atomic E-state index is 0.0757. The summed E-state index contributed by atoms with van der Waals surface area (Å²) >= 11 is 0. The number of rotatable bonds is 7. The molecule has 3 nitrogen and oxygen atoms in total. The molecular weight excluding hydrogens is 358 g/mol. The minimum Gasteiger partial charge on any atom is -0.497 e. The number of benzene rings is 3. The molecule has 1 heterocycles. The van der Waals surface area contributed by atoms with Gasteiger partial charge in [0.15, 0.2) is 5.78 Å². The molecule has 4 rings (SSSR count). The van der Waals surface area contributed by atoms with Gasteiger partial charge in [-0.25, -0.2) is 0 Å². The fourth-order valence-electron chi connectivity index (χ4n) is 4.24. The van der Waals surface area contributed by atoms with E-state index in [1.54, 1.807) is 7.11 Å². The molecule has 0 spiro atoms. The summed E-state index contributed by atoms with van der Waals surface area (Å²) in [5.74, 6) is 0.836. The molecule has 0 amide bonds. The number of fused-ring (bicyclic) bond motifs is 2. The van der Waals surface area contributed by atoms with Gasteiger partial charge in [-0.05, 0) is 42.3 Å². The Morgan fingerprint density at radius 2 is 1.79 bits per heavy atom. The van der Waals surface area contributed by atoms with E-state index in [-0.39, 0.29) is 5.78 Å². The van der Waals surface area contributed by atoms with Crippen molar-refractivity contribution in [2.24, 2.45) is 0 Å². The number of carbonyl (C=O) groups excluding carboxylic acids is 1. The molecule has 0 radical (unpaired) electrons. The number of ether oxygens (including phenoxy) is 1. The fourth-order valence-corrected chi connectivity index (χ4v) is 4.24. The summed E-state index contributed by atoms with van der Waals surface area (Å²) in [4.78, 5) is 13.8. The van der Waals surface area contributed by atoms with Crippen molar-refractivity contribution in [1.82, 2.24) is 4.57 Å². The van der Waals surface area contributed by atoms with Crippen molar-refractivity contribution in [2.45, 2.75) is 39.7 Å². The maximum Gasteiger partial charge on any atom is 0.196 e. The van der Waals surface area contributed by atoms with Crippen molar-refractivity contribution in [2.75, 3.05) is 7.11 Å². The standard InChI is InChI=1S/C26H27NO2/c1-4-5-8-16-27-18(2)25(22-11-6-7-13-24(22)27)26(28)21-12-9-10-19-14-15-20(29-3)17-23(19)21/h6-7,9-15,17H,4-5,8,16H2,1-3H3. The van der Waals surface area contributed by atoms with Crippen molar-refractivity contribution in [3.63, 3.8) is 0 Å². The minimum absolute atomic E-state index is 0.0757. The maximum atomic E-state index is 13.8. The summed E-state index contributed by atoms with van der Waals surface area (Å²) in [6, 6.07) is 20.1. The lowest BCUT2D eigenvalue weighted by Crippen LogP contribution is -2.06. The topological polar surface area (TPSA) is 31.2 Å². The molecule has 1 aromatic heterocycles. The fraction of sp³-hybridized carbons (Fsp3) is 0.269. The largest absolute Gasteiger partial charge is 0.497 e. The molecule has 0 N–H and O–H groups in total. The van der Waals surface area contributed by atoms with Gasteiger partial charge in [0.1, 0.15) is 5.75 Å². The van der Waals surface area contributed by atoms with Crippen LogP contribution in [0.2, 0.25) is 0 Å².